The van der Waals surface area contributed by atoms with Crippen LogP contribution in [0.15, 0.2) is 4.99 Å². The SMILES string of the molecule is CCN1CCCC1CN(C)C(=NC(C)C)NN. The minimum atomic E-state index is 0.259. The number of hydrazine groups is 1. The van der Waals surface area contributed by atoms with Crippen LogP contribution in [0.25, 0.3) is 0 Å². The van der Waals surface area contributed by atoms with Crippen molar-refractivity contribution >= 4 is 5.96 Å². The zero-order valence-electron chi connectivity index (χ0n) is 11.6. The average molecular weight is 241 g/mol. The molecule has 0 aromatic rings. The number of nitrogens with zero attached hydrogens (tertiary/aromatic N) is 3. The molecule has 1 fully saturated rings. The van der Waals surface area contributed by atoms with Crippen molar-refractivity contribution in [2.75, 3.05) is 26.7 Å². The third kappa shape index (κ3) is 4.16. The Kier molecular flexibility index (Phi) is 5.71. The number of hydrogen-bond donors (Lipinski definition) is 2. The summed E-state index contributed by atoms with van der Waals surface area (Å²) in [7, 11) is 2.05. The topological polar surface area (TPSA) is 56.9 Å². The minimum absolute atomic E-state index is 0.259. The monoisotopic (exact) mass is 241 g/mol. The van der Waals surface area contributed by atoms with Crippen LogP contribution in [0.2, 0.25) is 0 Å². The van der Waals surface area contributed by atoms with Gasteiger partial charge in [-0.3, -0.25) is 10.3 Å². The lowest BCUT2D eigenvalue weighted by molar-refractivity contribution is 0.232. The maximum absolute atomic E-state index is 5.53. The van der Waals surface area contributed by atoms with E-state index >= 15 is 0 Å². The molecule has 1 atom stereocenters. The molecular formula is C12H27N5. The maximum Gasteiger partial charge on any atom is 0.208 e. The number of rotatable bonds is 4. The molecule has 1 heterocycles. The number of likely N-dealkylation sites (tertiary alicyclic amines) is 1. The van der Waals surface area contributed by atoms with Gasteiger partial charge in [0.25, 0.3) is 0 Å². The molecule has 0 saturated carbocycles. The van der Waals surface area contributed by atoms with Crippen LogP contribution in [0.1, 0.15) is 33.6 Å². The van der Waals surface area contributed by atoms with Gasteiger partial charge in [-0.1, -0.05) is 6.92 Å². The number of aliphatic imine (C=N–C) groups is 1. The number of likely N-dealkylation sites (N-methyl/N-ethyl adjacent to an activating group) is 2. The predicted octanol–water partition coefficient (Wildman–Crippen LogP) is 0.630. The second-order valence-electron chi connectivity index (χ2n) is 5.00. The first-order valence-electron chi connectivity index (χ1n) is 6.58. The fourth-order valence-corrected chi connectivity index (χ4v) is 2.41. The van der Waals surface area contributed by atoms with Crippen molar-refractivity contribution in [2.24, 2.45) is 10.8 Å². The summed E-state index contributed by atoms with van der Waals surface area (Å²) >= 11 is 0. The van der Waals surface area contributed by atoms with Gasteiger partial charge < -0.3 is 4.90 Å². The van der Waals surface area contributed by atoms with Crippen molar-refractivity contribution in [1.29, 1.82) is 0 Å². The normalized spacial score (nSPS) is 22.2. The van der Waals surface area contributed by atoms with Crippen LogP contribution < -0.4 is 11.3 Å². The van der Waals surface area contributed by atoms with Crippen molar-refractivity contribution in [1.82, 2.24) is 15.2 Å². The van der Waals surface area contributed by atoms with Gasteiger partial charge in [-0.05, 0) is 39.8 Å². The molecule has 5 heteroatoms. The highest BCUT2D eigenvalue weighted by atomic mass is 15.4. The summed E-state index contributed by atoms with van der Waals surface area (Å²) in [5.74, 6) is 6.31. The Morgan fingerprint density at radius 1 is 1.59 bits per heavy atom. The molecule has 0 aliphatic carbocycles. The van der Waals surface area contributed by atoms with E-state index in [4.69, 9.17) is 5.84 Å². The molecule has 3 N–H and O–H groups in total. The lowest BCUT2D eigenvalue weighted by Gasteiger charge is -2.29. The molecule has 5 nitrogen and oxygen atoms in total. The van der Waals surface area contributed by atoms with E-state index in [9.17, 15) is 0 Å². The van der Waals surface area contributed by atoms with Crippen LogP contribution in [0.3, 0.4) is 0 Å². The van der Waals surface area contributed by atoms with Gasteiger partial charge in [-0.25, -0.2) is 10.8 Å². The Morgan fingerprint density at radius 2 is 2.29 bits per heavy atom. The standard InChI is InChI=1S/C12H27N5/c1-5-17-8-6-7-11(17)9-16(4)12(15-13)14-10(2)3/h10-11H,5-9,13H2,1-4H3,(H,14,15). The summed E-state index contributed by atoms with van der Waals surface area (Å²) in [6, 6.07) is 0.894. The van der Waals surface area contributed by atoms with Crippen molar-refractivity contribution in [3.05, 3.63) is 0 Å². The van der Waals surface area contributed by atoms with Crippen LogP contribution in [0.5, 0.6) is 0 Å². The number of nitrogens with one attached hydrogen (secondary N) is 1. The van der Waals surface area contributed by atoms with E-state index in [1.807, 2.05) is 7.05 Å². The first-order chi connectivity index (χ1) is 8.08. The fourth-order valence-electron chi connectivity index (χ4n) is 2.41. The highest BCUT2D eigenvalue weighted by molar-refractivity contribution is 5.79. The maximum atomic E-state index is 5.53. The van der Waals surface area contributed by atoms with E-state index in [0.29, 0.717) is 6.04 Å². The molecule has 100 valence electrons. The second-order valence-corrected chi connectivity index (χ2v) is 5.00. The third-order valence-corrected chi connectivity index (χ3v) is 3.26. The molecule has 0 aromatic carbocycles. The van der Waals surface area contributed by atoms with Crippen LogP contribution in [0.4, 0.5) is 0 Å². The molecule has 0 bridgehead atoms. The van der Waals surface area contributed by atoms with Crippen LogP contribution in [-0.4, -0.2) is 54.5 Å². The van der Waals surface area contributed by atoms with Crippen molar-refractivity contribution in [3.8, 4) is 0 Å². The van der Waals surface area contributed by atoms with E-state index < -0.39 is 0 Å². The number of nitrogens with two attached hydrogens (primary N) is 1. The summed E-state index contributed by atoms with van der Waals surface area (Å²) in [5, 5.41) is 0. The largest absolute Gasteiger partial charge is 0.343 e. The molecule has 0 aromatic heterocycles. The molecule has 1 aliphatic heterocycles. The lowest BCUT2D eigenvalue weighted by Crippen LogP contribution is -2.48. The molecular weight excluding hydrogens is 214 g/mol. The van der Waals surface area contributed by atoms with Crippen LogP contribution in [0, 0.1) is 0 Å². The molecule has 17 heavy (non-hydrogen) atoms. The van der Waals surface area contributed by atoms with Gasteiger partial charge in [0, 0.05) is 25.7 Å². The van der Waals surface area contributed by atoms with Crippen molar-refractivity contribution in [2.45, 2.75) is 45.7 Å². The first-order valence-corrected chi connectivity index (χ1v) is 6.58. The molecule has 0 radical (unpaired) electrons. The third-order valence-electron chi connectivity index (χ3n) is 3.26. The van der Waals surface area contributed by atoms with Gasteiger partial charge >= 0.3 is 0 Å². The Labute approximate surface area is 105 Å². The summed E-state index contributed by atoms with van der Waals surface area (Å²) in [6.45, 7) is 9.68. The Hall–Kier alpha value is -0.810. The number of guanidine groups is 1. The summed E-state index contributed by atoms with van der Waals surface area (Å²) in [6.07, 6.45) is 2.58. The lowest BCUT2D eigenvalue weighted by atomic mass is 10.2. The Morgan fingerprint density at radius 3 is 2.82 bits per heavy atom. The van der Waals surface area contributed by atoms with Gasteiger partial charge in [-0.2, -0.15) is 0 Å². The minimum Gasteiger partial charge on any atom is -0.343 e. The summed E-state index contributed by atoms with van der Waals surface area (Å²) < 4.78 is 0. The van der Waals surface area contributed by atoms with Gasteiger partial charge in [-0.15, -0.1) is 0 Å². The molecule has 0 spiro atoms. The molecule has 1 rings (SSSR count). The second kappa shape index (κ2) is 6.81. The highest BCUT2D eigenvalue weighted by Gasteiger charge is 2.24. The molecule has 1 unspecified atom stereocenters. The summed E-state index contributed by atoms with van der Waals surface area (Å²) in [5.41, 5.74) is 2.70. The van der Waals surface area contributed by atoms with E-state index in [2.05, 4.69) is 41.0 Å². The quantitative estimate of drug-likeness (QED) is 0.328. The van der Waals surface area contributed by atoms with E-state index in [1.165, 1.54) is 19.4 Å². The van der Waals surface area contributed by atoms with Gasteiger partial charge in [0.1, 0.15) is 0 Å². The van der Waals surface area contributed by atoms with E-state index in [0.717, 1.165) is 19.0 Å². The zero-order chi connectivity index (χ0) is 12.8. The van der Waals surface area contributed by atoms with E-state index in [-0.39, 0.29) is 6.04 Å². The predicted molar refractivity (Wildman–Crippen MR) is 72.8 cm³/mol. The Bertz CT molecular complexity index is 251. The van der Waals surface area contributed by atoms with Crippen molar-refractivity contribution < 1.29 is 0 Å². The van der Waals surface area contributed by atoms with E-state index in [1.54, 1.807) is 0 Å². The molecule has 0 amide bonds. The molecule has 1 aliphatic rings. The highest BCUT2D eigenvalue weighted by Crippen LogP contribution is 2.17. The van der Waals surface area contributed by atoms with Crippen LogP contribution >= 0.6 is 0 Å². The van der Waals surface area contributed by atoms with Gasteiger partial charge in [0.05, 0.1) is 0 Å². The van der Waals surface area contributed by atoms with Gasteiger partial charge in [0.2, 0.25) is 5.96 Å². The summed E-state index contributed by atoms with van der Waals surface area (Å²) in [4.78, 5) is 9.13. The van der Waals surface area contributed by atoms with Crippen molar-refractivity contribution in [3.63, 3.8) is 0 Å². The first kappa shape index (κ1) is 14.3. The smallest absolute Gasteiger partial charge is 0.208 e. The molecule has 1 saturated heterocycles. The average Bonchev–Trinajstić information content (AvgIpc) is 2.72. The van der Waals surface area contributed by atoms with Gasteiger partial charge in [0.15, 0.2) is 0 Å². The Balaban J connectivity index is 2.54. The fraction of sp³-hybridized carbons (Fsp3) is 0.917. The zero-order valence-corrected chi connectivity index (χ0v) is 11.6. The number of hydrogen-bond acceptors (Lipinski definition) is 3. The van der Waals surface area contributed by atoms with Crippen LogP contribution in [-0.2, 0) is 0 Å².